The van der Waals surface area contributed by atoms with E-state index in [1.807, 2.05) is 0 Å². The largest absolute Gasteiger partial charge is 0.451 e. The normalized spacial score (nSPS) is 14.9. The molecule has 0 unspecified atom stereocenters. The molecular weight excluding hydrogens is 346 g/mol. The van der Waals surface area contributed by atoms with Gasteiger partial charge < -0.3 is 10.1 Å². The van der Waals surface area contributed by atoms with Gasteiger partial charge in [-0.25, -0.2) is 9.48 Å². The molecular formula is C20H25N3O4. The minimum atomic E-state index is -0.707. The number of amides is 1. The predicted molar refractivity (Wildman–Crippen MR) is 102 cm³/mol. The van der Waals surface area contributed by atoms with Crippen LogP contribution in [0.25, 0.3) is 10.8 Å². The lowest BCUT2D eigenvalue weighted by atomic mass is 9.89. The third-order valence-electron chi connectivity index (χ3n) is 5.01. The first kappa shape index (κ1) is 19.1. The zero-order chi connectivity index (χ0) is 19.2. The molecule has 0 aliphatic heterocycles. The number of hydrogen-bond acceptors (Lipinski definition) is 5. The van der Waals surface area contributed by atoms with Crippen LogP contribution in [0.4, 0.5) is 0 Å². The van der Waals surface area contributed by atoms with Crippen molar-refractivity contribution in [3.05, 3.63) is 40.3 Å². The van der Waals surface area contributed by atoms with E-state index in [4.69, 9.17) is 4.74 Å². The maximum Gasteiger partial charge on any atom is 0.359 e. The molecule has 1 fully saturated rings. The van der Waals surface area contributed by atoms with Gasteiger partial charge in [-0.2, -0.15) is 5.10 Å². The van der Waals surface area contributed by atoms with Gasteiger partial charge in [-0.05, 0) is 31.7 Å². The molecule has 0 saturated heterocycles. The Morgan fingerprint density at radius 2 is 1.89 bits per heavy atom. The van der Waals surface area contributed by atoms with Gasteiger partial charge in [0.15, 0.2) is 12.3 Å². The fourth-order valence-electron chi connectivity index (χ4n) is 3.50. The Hall–Kier alpha value is -2.70. The Bertz CT molecular complexity index is 884. The summed E-state index contributed by atoms with van der Waals surface area (Å²) in [6.45, 7) is 2.38. The zero-order valence-electron chi connectivity index (χ0n) is 15.6. The van der Waals surface area contributed by atoms with Crippen molar-refractivity contribution in [1.82, 2.24) is 15.1 Å². The van der Waals surface area contributed by atoms with Gasteiger partial charge >= 0.3 is 5.97 Å². The van der Waals surface area contributed by atoms with Crippen molar-refractivity contribution in [2.24, 2.45) is 5.92 Å². The van der Waals surface area contributed by atoms with Crippen molar-refractivity contribution in [1.29, 1.82) is 0 Å². The van der Waals surface area contributed by atoms with Crippen molar-refractivity contribution < 1.29 is 14.3 Å². The summed E-state index contributed by atoms with van der Waals surface area (Å²) >= 11 is 0. The average Bonchev–Trinajstić information content (AvgIpc) is 2.71. The summed E-state index contributed by atoms with van der Waals surface area (Å²) in [6.07, 6.45) is 5.95. The lowest BCUT2D eigenvalue weighted by Crippen LogP contribution is -2.34. The van der Waals surface area contributed by atoms with Crippen molar-refractivity contribution in [3.63, 3.8) is 0 Å². The number of aryl methyl sites for hydroxylation is 1. The monoisotopic (exact) mass is 371 g/mol. The molecule has 1 aromatic carbocycles. The first-order valence-electron chi connectivity index (χ1n) is 9.53. The maximum absolute atomic E-state index is 12.5. The summed E-state index contributed by atoms with van der Waals surface area (Å²) in [4.78, 5) is 36.8. The van der Waals surface area contributed by atoms with E-state index < -0.39 is 5.97 Å². The highest BCUT2D eigenvalue weighted by Gasteiger charge is 2.19. The molecule has 7 nitrogen and oxygen atoms in total. The molecule has 1 N–H and O–H groups in total. The SMILES string of the molecule is CCn1nc(C(=O)OCC(=O)NCC2CCCCC2)c2ccccc2c1=O. The third kappa shape index (κ3) is 4.53. The van der Waals surface area contributed by atoms with Crippen LogP contribution in [0.3, 0.4) is 0 Å². The average molecular weight is 371 g/mol. The van der Waals surface area contributed by atoms with E-state index in [0.29, 0.717) is 29.8 Å². The molecule has 7 heteroatoms. The number of esters is 1. The van der Waals surface area contributed by atoms with Crippen molar-refractivity contribution >= 4 is 22.6 Å². The van der Waals surface area contributed by atoms with Crippen LogP contribution in [0.15, 0.2) is 29.1 Å². The lowest BCUT2D eigenvalue weighted by Gasteiger charge is -2.21. The van der Waals surface area contributed by atoms with Crippen molar-refractivity contribution in [2.75, 3.05) is 13.2 Å². The molecule has 0 atom stereocenters. The molecule has 0 bridgehead atoms. The minimum Gasteiger partial charge on any atom is -0.451 e. The number of nitrogens with zero attached hydrogens (tertiary/aromatic N) is 2. The minimum absolute atomic E-state index is 0.0483. The zero-order valence-corrected chi connectivity index (χ0v) is 15.6. The van der Waals surface area contributed by atoms with Crippen LogP contribution in [0, 0.1) is 5.92 Å². The molecule has 1 aliphatic carbocycles. The maximum atomic E-state index is 12.5. The van der Waals surface area contributed by atoms with Crippen LogP contribution in [0.2, 0.25) is 0 Å². The number of carbonyl (C=O) groups excluding carboxylic acids is 2. The van der Waals surface area contributed by atoms with Gasteiger partial charge in [0.2, 0.25) is 0 Å². The molecule has 27 heavy (non-hydrogen) atoms. The fraction of sp³-hybridized carbons (Fsp3) is 0.500. The van der Waals surface area contributed by atoms with E-state index in [1.165, 1.54) is 23.9 Å². The van der Waals surface area contributed by atoms with E-state index in [-0.39, 0.29) is 23.8 Å². The Labute approximate surface area is 157 Å². The fourth-order valence-corrected chi connectivity index (χ4v) is 3.50. The number of carbonyl (C=O) groups is 2. The van der Waals surface area contributed by atoms with Gasteiger partial charge in [-0.1, -0.05) is 37.5 Å². The molecule has 144 valence electrons. The number of ether oxygens (including phenoxy) is 1. The molecule has 1 aromatic heterocycles. The second-order valence-electron chi connectivity index (χ2n) is 6.90. The molecule has 1 aliphatic rings. The van der Waals surface area contributed by atoms with E-state index >= 15 is 0 Å². The number of benzene rings is 1. The predicted octanol–water partition coefficient (Wildman–Crippen LogP) is 2.27. The summed E-state index contributed by atoms with van der Waals surface area (Å²) in [6, 6.07) is 6.77. The van der Waals surface area contributed by atoms with Gasteiger partial charge in [0, 0.05) is 18.5 Å². The van der Waals surface area contributed by atoms with E-state index in [1.54, 1.807) is 31.2 Å². The van der Waals surface area contributed by atoms with E-state index in [9.17, 15) is 14.4 Å². The summed E-state index contributed by atoms with van der Waals surface area (Å²) in [5, 5.41) is 7.79. The topological polar surface area (TPSA) is 90.3 Å². The highest BCUT2D eigenvalue weighted by atomic mass is 16.5. The van der Waals surface area contributed by atoms with Crippen LogP contribution in [-0.2, 0) is 16.1 Å². The van der Waals surface area contributed by atoms with Gasteiger partial charge in [-0.15, -0.1) is 0 Å². The highest BCUT2D eigenvalue weighted by Crippen LogP contribution is 2.22. The molecule has 0 spiro atoms. The number of fused-ring (bicyclic) bond motifs is 1. The number of hydrogen-bond donors (Lipinski definition) is 1. The van der Waals surface area contributed by atoms with Crippen molar-refractivity contribution in [2.45, 2.75) is 45.6 Å². The Kier molecular flexibility index (Phi) is 6.21. The summed E-state index contributed by atoms with van der Waals surface area (Å²) in [7, 11) is 0. The quantitative estimate of drug-likeness (QED) is 0.787. The smallest absolute Gasteiger partial charge is 0.359 e. The van der Waals surface area contributed by atoms with Crippen LogP contribution in [0.1, 0.15) is 49.5 Å². The number of nitrogens with one attached hydrogen (secondary N) is 1. The Morgan fingerprint density at radius 3 is 2.59 bits per heavy atom. The number of aromatic nitrogens is 2. The van der Waals surface area contributed by atoms with Crippen LogP contribution < -0.4 is 10.9 Å². The third-order valence-corrected chi connectivity index (χ3v) is 5.01. The molecule has 1 saturated carbocycles. The Balaban J connectivity index is 1.65. The molecule has 1 amide bonds. The molecule has 1 heterocycles. The standard InChI is InChI=1S/C20H25N3O4/c1-2-23-19(25)16-11-7-6-10-15(16)18(22-23)20(26)27-13-17(24)21-12-14-8-4-3-5-9-14/h6-7,10-11,14H,2-5,8-9,12-13H2,1H3,(H,21,24). The van der Waals surface area contributed by atoms with Crippen LogP contribution in [0.5, 0.6) is 0 Å². The van der Waals surface area contributed by atoms with Gasteiger partial charge in [0.25, 0.3) is 11.5 Å². The summed E-state index contributed by atoms with van der Waals surface area (Å²) in [5.41, 5.74) is -0.206. The number of rotatable bonds is 6. The van der Waals surface area contributed by atoms with Crippen LogP contribution in [-0.4, -0.2) is 34.8 Å². The van der Waals surface area contributed by atoms with Gasteiger partial charge in [0.1, 0.15) is 0 Å². The molecule has 2 aromatic rings. The summed E-state index contributed by atoms with van der Waals surface area (Å²) < 4.78 is 6.37. The highest BCUT2D eigenvalue weighted by molar-refractivity contribution is 6.02. The van der Waals surface area contributed by atoms with Gasteiger partial charge in [-0.3, -0.25) is 9.59 Å². The molecule has 0 radical (unpaired) electrons. The van der Waals surface area contributed by atoms with E-state index in [2.05, 4.69) is 10.4 Å². The molecule has 3 rings (SSSR count). The Morgan fingerprint density at radius 1 is 1.19 bits per heavy atom. The first-order valence-corrected chi connectivity index (χ1v) is 9.53. The van der Waals surface area contributed by atoms with Crippen LogP contribution >= 0.6 is 0 Å². The second-order valence-corrected chi connectivity index (χ2v) is 6.90. The van der Waals surface area contributed by atoms with E-state index in [0.717, 1.165) is 12.8 Å². The lowest BCUT2D eigenvalue weighted by molar-refractivity contribution is -0.124. The van der Waals surface area contributed by atoms with Crippen molar-refractivity contribution in [3.8, 4) is 0 Å². The first-order chi connectivity index (χ1) is 13.1. The van der Waals surface area contributed by atoms with Gasteiger partial charge in [0.05, 0.1) is 5.39 Å². The second kappa shape index (κ2) is 8.79. The summed E-state index contributed by atoms with van der Waals surface area (Å²) in [5.74, 6) is -0.514.